The van der Waals surface area contributed by atoms with Gasteiger partial charge in [0, 0.05) is 17.5 Å². The number of fused-ring (bicyclic) bond motifs is 5. The smallest absolute Gasteiger partial charge is 0.224 e. The number of carbonyl (C=O) groups is 1. The quantitative estimate of drug-likeness (QED) is 0.630. The molecule has 1 aliphatic heterocycles. The maximum Gasteiger partial charge on any atom is 0.224 e. The average Bonchev–Trinajstić information content (AvgIpc) is 2.91. The summed E-state index contributed by atoms with van der Waals surface area (Å²) in [6, 6.07) is 0.575. The van der Waals surface area contributed by atoms with Gasteiger partial charge in [0.1, 0.15) is 0 Å². The molecule has 2 N–H and O–H groups in total. The van der Waals surface area contributed by atoms with Gasteiger partial charge in [-0.15, -0.1) is 0 Å². The lowest BCUT2D eigenvalue weighted by atomic mass is 9.47. The molecule has 4 fully saturated rings. The van der Waals surface area contributed by atoms with Gasteiger partial charge in [0.2, 0.25) is 5.91 Å². The van der Waals surface area contributed by atoms with E-state index >= 15 is 0 Å². The van der Waals surface area contributed by atoms with Crippen LogP contribution in [0.3, 0.4) is 0 Å². The highest BCUT2D eigenvalue weighted by Gasteiger charge is 2.61. The molecule has 0 radical (unpaired) electrons. The number of nitrogens with one attached hydrogen (secondary N) is 2. The van der Waals surface area contributed by atoms with Crippen LogP contribution in [0.15, 0.2) is 0 Å². The number of piperidine rings is 1. The second-order valence-corrected chi connectivity index (χ2v) is 12.0. The van der Waals surface area contributed by atoms with Crippen molar-refractivity contribution in [3.63, 3.8) is 0 Å². The van der Waals surface area contributed by atoms with Crippen molar-refractivity contribution in [2.45, 2.75) is 97.6 Å². The fraction of sp³-hybridized carbons (Fsp3) is 0.913. The molecule has 0 unspecified atom stereocenters. The number of hydrogen-bond acceptors (Lipinski definition) is 2. The average molecular weight is 391 g/mol. The summed E-state index contributed by atoms with van der Waals surface area (Å²) in [6.07, 6.45) is 9.71. The zero-order chi connectivity index (χ0) is 19.6. The van der Waals surface area contributed by atoms with E-state index in [9.17, 15) is 4.79 Å². The Morgan fingerprint density at radius 3 is 2.44 bits per heavy atom. The van der Waals surface area contributed by atoms with Gasteiger partial charge in [-0.05, 0) is 101 Å². The summed E-state index contributed by atoms with van der Waals surface area (Å²) in [5.74, 6) is 2.82. The van der Waals surface area contributed by atoms with Crippen molar-refractivity contribution >= 4 is 23.1 Å². The topological polar surface area (TPSA) is 41.1 Å². The second kappa shape index (κ2) is 6.43. The van der Waals surface area contributed by atoms with E-state index in [1.165, 1.54) is 38.5 Å². The Morgan fingerprint density at radius 2 is 1.74 bits per heavy atom. The summed E-state index contributed by atoms with van der Waals surface area (Å²) in [6.45, 7) is 11.3. The molecule has 3 nitrogen and oxygen atoms in total. The Balaban J connectivity index is 1.55. The fourth-order valence-corrected chi connectivity index (χ4v) is 7.83. The molecule has 4 aliphatic rings. The molecule has 3 saturated carbocycles. The van der Waals surface area contributed by atoms with Crippen LogP contribution < -0.4 is 10.6 Å². The third-order valence-corrected chi connectivity index (χ3v) is 9.23. The molecule has 0 aromatic rings. The van der Waals surface area contributed by atoms with Gasteiger partial charge in [-0.1, -0.05) is 26.1 Å². The van der Waals surface area contributed by atoms with E-state index in [0.29, 0.717) is 17.4 Å². The monoisotopic (exact) mass is 390 g/mol. The Kier molecular flexibility index (Phi) is 4.69. The van der Waals surface area contributed by atoms with Gasteiger partial charge in [-0.3, -0.25) is 4.79 Å². The molecule has 27 heavy (non-hydrogen) atoms. The number of amides is 1. The summed E-state index contributed by atoms with van der Waals surface area (Å²) in [5, 5.41) is 6.97. The van der Waals surface area contributed by atoms with Crippen molar-refractivity contribution in [1.82, 2.24) is 10.6 Å². The first kappa shape index (κ1) is 19.7. The highest BCUT2D eigenvalue weighted by Crippen LogP contribution is 2.65. The number of thiocarbonyl (C=S) groups is 1. The van der Waals surface area contributed by atoms with E-state index in [0.717, 1.165) is 35.6 Å². The molecule has 7 atom stereocenters. The van der Waals surface area contributed by atoms with Crippen LogP contribution in [0.2, 0.25) is 0 Å². The molecule has 0 aromatic carbocycles. The molecule has 0 spiro atoms. The zero-order valence-corrected chi connectivity index (χ0v) is 18.7. The van der Waals surface area contributed by atoms with Crippen molar-refractivity contribution in [2.75, 3.05) is 0 Å². The van der Waals surface area contributed by atoms with Gasteiger partial charge in [0.25, 0.3) is 0 Å². The lowest BCUT2D eigenvalue weighted by Crippen LogP contribution is -2.61. The van der Waals surface area contributed by atoms with Gasteiger partial charge in [-0.25, -0.2) is 0 Å². The third kappa shape index (κ3) is 3.14. The summed E-state index contributed by atoms with van der Waals surface area (Å²) in [5.41, 5.74) is 0.440. The fourth-order valence-electron chi connectivity index (χ4n) is 7.59. The molecule has 1 saturated heterocycles. The third-order valence-electron chi connectivity index (χ3n) is 8.91. The van der Waals surface area contributed by atoms with Crippen molar-refractivity contribution in [1.29, 1.82) is 0 Å². The molecular weight excluding hydrogens is 352 g/mol. The summed E-state index contributed by atoms with van der Waals surface area (Å²) in [7, 11) is 0. The zero-order valence-electron chi connectivity index (χ0n) is 17.9. The molecule has 1 heterocycles. The van der Waals surface area contributed by atoms with E-state index in [-0.39, 0.29) is 16.9 Å². The molecule has 0 bridgehead atoms. The van der Waals surface area contributed by atoms with Crippen LogP contribution in [0.25, 0.3) is 0 Å². The van der Waals surface area contributed by atoms with Crippen molar-refractivity contribution in [2.24, 2.45) is 34.5 Å². The predicted octanol–water partition coefficient (Wildman–Crippen LogP) is 4.84. The number of hydrogen-bond donors (Lipinski definition) is 2. The predicted molar refractivity (Wildman–Crippen MR) is 115 cm³/mol. The van der Waals surface area contributed by atoms with Crippen LogP contribution >= 0.6 is 12.2 Å². The minimum absolute atomic E-state index is 0.138. The first-order valence-electron chi connectivity index (χ1n) is 11.2. The summed E-state index contributed by atoms with van der Waals surface area (Å²) >= 11 is 5.49. The van der Waals surface area contributed by atoms with Crippen LogP contribution in [0.4, 0.5) is 0 Å². The molecule has 4 rings (SSSR count). The van der Waals surface area contributed by atoms with Crippen LogP contribution in [-0.4, -0.2) is 22.5 Å². The summed E-state index contributed by atoms with van der Waals surface area (Å²) < 4.78 is 0. The highest BCUT2D eigenvalue weighted by molar-refractivity contribution is 7.80. The van der Waals surface area contributed by atoms with E-state index in [4.69, 9.17) is 12.2 Å². The number of rotatable bonds is 1. The van der Waals surface area contributed by atoms with E-state index in [1.54, 1.807) is 0 Å². The Hall–Kier alpha value is -0.640. The van der Waals surface area contributed by atoms with Crippen LogP contribution in [0.1, 0.15) is 86.0 Å². The van der Waals surface area contributed by atoms with Crippen LogP contribution in [0.5, 0.6) is 0 Å². The summed E-state index contributed by atoms with van der Waals surface area (Å²) in [4.78, 5) is 14.2. The highest BCUT2D eigenvalue weighted by atomic mass is 32.1. The van der Waals surface area contributed by atoms with Crippen LogP contribution in [0, 0.1) is 34.5 Å². The normalized spacial score (nSPS) is 46.7. The molecule has 4 heteroatoms. The first-order chi connectivity index (χ1) is 12.5. The second-order valence-electron chi connectivity index (χ2n) is 11.5. The Morgan fingerprint density at radius 1 is 1.04 bits per heavy atom. The molecule has 1 amide bonds. The SMILES string of the molecule is CC(C)(C)NC(=O)[C@H]1CC[C@H]2[C@@H]3CC[C@H]4NC(=S)CC[C@]4(C)[C@H]3CC[C@]12C. The molecule has 0 aromatic heterocycles. The van der Waals surface area contributed by atoms with E-state index in [2.05, 4.69) is 45.3 Å². The molecular formula is C23H38N2OS. The van der Waals surface area contributed by atoms with Crippen molar-refractivity contribution in [3.05, 3.63) is 0 Å². The largest absolute Gasteiger partial charge is 0.376 e. The Bertz CT molecular complexity index is 641. The molecule has 3 aliphatic carbocycles. The van der Waals surface area contributed by atoms with E-state index in [1.807, 2.05) is 0 Å². The molecule has 152 valence electrons. The maximum absolute atomic E-state index is 13.1. The Labute approximate surface area is 170 Å². The van der Waals surface area contributed by atoms with Crippen LogP contribution in [-0.2, 0) is 4.79 Å². The van der Waals surface area contributed by atoms with Gasteiger partial charge in [0.15, 0.2) is 0 Å². The minimum atomic E-state index is -0.138. The van der Waals surface area contributed by atoms with Crippen molar-refractivity contribution < 1.29 is 4.79 Å². The lowest BCUT2D eigenvalue weighted by molar-refractivity contribution is -0.135. The maximum atomic E-state index is 13.1. The van der Waals surface area contributed by atoms with Crippen molar-refractivity contribution in [3.8, 4) is 0 Å². The standard InChI is InChI=1S/C23H38N2OS/c1-21(2,3)25-20(26)17-8-7-15-14-6-9-18-23(5,13-11-19(27)24-18)16(14)10-12-22(15,17)4/h14-18H,6-13H2,1-5H3,(H,24,27)(H,25,26)/t14-,15-,16-,17+,18+,22-,23+/m0/s1. The minimum Gasteiger partial charge on any atom is -0.376 e. The first-order valence-corrected chi connectivity index (χ1v) is 11.6. The van der Waals surface area contributed by atoms with Gasteiger partial charge in [-0.2, -0.15) is 0 Å². The lowest BCUT2D eigenvalue weighted by Gasteiger charge is -2.60. The van der Waals surface area contributed by atoms with E-state index < -0.39 is 0 Å². The van der Waals surface area contributed by atoms with Gasteiger partial charge < -0.3 is 10.6 Å². The van der Waals surface area contributed by atoms with Gasteiger partial charge >= 0.3 is 0 Å². The van der Waals surface area contributed by atoms with Gasteiger partial charge in [0.05, 0.1) is 4.99 Å². The number of carbonyl (C=O) groups excluding carboxylic acids is 1.